The average Bonchev–Trinajstić information content (AvgIpc) is 2.46. The topological polar surface area (TPSA) is 90.9 Å². The van der Waals surface area contributed by atoms with Crippen molar-refractivity contribution >= 4 is 23.4 Å². The molecule has 2 aliphatic rings. The fourth-order valence-corrected chi connectivity index (χ4v) is 2.41. The summed E-state index contributed by atoms with van der Waals surface area (Å²) in [6.07, 6.45) is 3.10. The van der Waals surface area contributed by atoms with Crippen molar-refractivity contribution in [3.05, 3.63) is 0 Å². The number of carbonyl (C=O) groups is 3. The second kappa shape index (κ2) is 5.81. The summed E-state index contributed by atoms with van der Waals surface area (Å²) in [5, 5.41) is 6.39. The van der Waals surface area contributed by atoms with Crippen molar-refractivity contribution < 1.29 is 14.4 Å². The lowest BCUT2D eigenvalue weighted by molar-refractivity contribution is -0.137. The lowest BCUT2D eigenvalue weighted by Gasteiger charge is -2.34. The molecule has 1 saturated heterocycles. The lowest BCUT2D eigenvalue weighted by atomic mass is 10.00. The quantitative estimate of drug-likeness (QED) is 0.698. The molecule has 2 aliphatic heterocycles. The highest BCUT2D eigenvalue weighted by atomic mass is 16.2. The molecule has 3 amide bonds. The Kier molecular flexibility index (Phi) is 4.13. The Morgan fingerprint density at radius 1 is 1.37 bits per heavy atom. The molecule has 2 N–H and O–H groups in total. The summed E-state index contributed by atoms with van der Waals surface area (Å²) in [6, 6.07) is -0.424. The lowest BCUT2D eigenvalue weighted by Crippen LogP contribution is -2.53. The first-order valence-electron chi connectivity index (χ1n) is 6.51. The zero-order valence-corrected chi connectivity index (χ0v) is 10.9. The van der Waals surface area contributed by atoms with Crippen molar-refractivity contribution in [3.8, 4) is 0 Å². The minimum Gasteiger partial charge on any atom is -0.357 e. The number of hydrogen-bond acceptors (Lipinski definition) is 4. The Morgan fingerprint density at radius 2 is 2.16 bits per heavy atom. The van der Waals surface area contributed by atoms with Crippen molar-refractivity contribution in [2.24, 2.45) is 5.10 Å². The first kappa shape index (κ1) is 13.5. The molecule has 19 heavy (non-hydrogen) atoms. The van der Waals surface area contributed by atoms with Gasteiger partial charge < -0.3 is 10.2 Å². The maximum Gasteiger partial charge on any atom is 0.270 e. The fourth-order valence-electron chi connectivity index (χ4n) is 2.41. The SMILES string of the molecule is CNC(=O)C1CCCCN1C(=O)C1=NNC(=O)CC1. The number of rotatable bonds is 2. The van der Waals surface area contributed by atoms with Gasteiger partial charge in [-0.05, 0) is 19.3 Å². The minimum atomic E-state index is -0.424. The summed E-state index contributed by atoms with van der Waals surface area (Å²) in [7, 11) is 1.57. The van der Waals surface area contributed by atoms with Gasteiger partial charge in [0.25, 0.3) is 5.91 Å². The summed E-state index contributed by atoms with van der Waals surface area (Å²) in [6.45, 7) is 0.559. The van der Waals surface area contributed by atoms with Gasteiger partial charge in [0.1, 0.15) is 11.8 Å². The van der Waals surface area contributed by atoms with Crippen LogP contribution < -0.4 is 10.7 Å². The van der Waals surface area contributed by atoms with Crippen LogP contribution in [0.5, 0.6) is 0 Å². The molecule has 2 heterocycles. The summed E-state index contributed by atoms with van der Waals surface area (Å²) in [4.78, 5) is 36.7. The van der Waals surface area contributed by atoms with E-state index in [1.54, 1.807) is 11.9 Å². The highest BCUT2D eigenvalue weighted by molar-refractivity contribution is 6.39. The number of amides is 3. The van der Waals surface area contributed by atoms with E-state index in [9.17, 15) is 14.4 Å². The van der Waals surface area contributed by atoms with Crippen LogP contribution in [0, 0.1) is 0 Å². The Bertz CT molecular complexity index is 433. The first-order valence-corrected chi connectivity index (χ1v) is 6.51. The van der Waals surface area contributed by atoms with Crippen LogP contribution in [0.25, 0.3) is 0 Å². The number of likely N-dealkylation sites (N-methyl/N-ethyl adjacent to an activating group) is 1. The van der Waals surface area contributed by atoms with E-state index in [0.29, 0.717) is 25.1 Å². The van der Waals surface area contributed by atoms with Gasteiger partial charge in [-0.15, -0.1) is 0 Å². The number of hydrogen-bond donors (Lipinski definition) is 2. The molecule has 0 aromatic rings. The Balaban J connectivity index is 2.11. The number of piperidine rings is 1. The van der Waals surface area contributed by atoms with Crippen molar-refractivity contribution in [2.45, 2.75) is 38.1 Å². The molecule has 0 spiro atoms. The molecule has 7 nitrogen and oxygen atoms in total. The molecule has 0 saturated carbocycles. The average molecular weight is 266 g/mol. The van der Waals surface area contributed by atoms with E-state index in [1.165, 1.54) is 0 Å². The van der Waals surface area contributed by atoms with Crippen molar-refractivity contribution in [3.63, 3.8) is 0 Å². The molecule has 1 atom stereocenters. The molecular weight excluding hydrogens is 248 g/mol. The smallest absolute Gasteiger partial charge is 0.270 e. The molecule has 104 valence electrons. The predicted octanol–water partition coefficient (Wildman–Crippen LogP) is -0.620. The van der Waals surface area contributed by atoms with Crippen LogP contribution in [0.1, 0.15) is 32.1 Å². The van der Waals surface area contributed by atoms with Gasteiger partial charge in [0, 0.05) is 26.4 Å². The van der Waals surface area contributed by atoms with Gasteiger partial charge in [-0.25, -0.2) is 5.43 Å². The fraction of sp³-hybridized carbons (Fsp3) is 0.667. The van der Waals surface area contributed by atoms with Crippen LogP contribution >= 0.6 is 0 Å². The van der Waals surface area contributed by atoms with Gasteiger partial charge in [-0.1, -0.05) is 0 Å². The minimum absolute atomic E-state index is 0.145. The van der Waals surface area contributed by atoms with E-state index in [-0.39, 0.29) is 24.1 Å². The number of nitrogens with zero attached hydrogens (tertiary/aromatic N) is 2. The maximum atomic E-state index is 12.4. The zero-order chi connectivity index (χ0) is 13.8. The standard InChI is InChI=1S/C12H18N4O3/c1-13-11(18)9-4-2-3-7-16(9)12(19)8-5-6-10(17)15-14-8/h9H,2-7H2,1H3,(H,13,18)(H,15,17). The third-order valence-corrected chi connectivity index (χ3v) is 3.46. The third kappa shape index (κ3) is 2.91. The van der Waals surface area contributed by atoms with Gasteiger partial charge in [0.05, 0.1) is 0 Å². The van der Waals surface area contributed by atoms with E-state index >= 15 is 0 Å². The summed E-state index contributed by atoms with van der Waals surface area (Å²) in [5.41, 5.74) is 2.64. The monoisotopic (exact) mass is 266 g/mol. The Hall–Kier alpha value is -1.92. The predicted molar refractivity (Wildman–Crippen MR) is 68.2 cm³/mol. The van der Waals surface area contributed by atoms with E-state index < -0.39 is 6.04 Å². The summed E-state index contributed by atoms with van der Waals surface area (Å²) >= 11 is 0. The van der Waals surface area contributed by atoms with Crippen LogP contribution in [0.4, 0.5) is 0 Å². The van der Waals surface area contributed by atoms with Crippen LogP contribution in [-0.4, -0.2) is 48.0 Å². The van der Waals surface area contributed by atoms with E-state index in [2.05, 4.69) is 15.8 Å². The van der Waals surface area contributed by atoms with Crippen LogP contribution in [0.2, 0.25) is 0 Å². The zero-order valence-electron chi connectivity index (χ0n) is 10.9. The summed E-state index contributed by atoms with van der Waals surface area (Å²) < 4.78 is 0. The number of carbonyl (C=O) groups excluding carboxylic acids is 3. The molecule has 0 aromatic heterocycles. The van der Waals surface area contributed by atoms with Gasteiger partial charge >= 0.3 is 0 Å². The number of hydrazone groups is 1. The molecular formula is C12H18N4O3. The van der Waals surface area contributed by atoms with E-state index in [1.807, 2.05) is 0 Å². The molecule has 0 aliphatic carbocycles. The second-order valence-corrected chi connectivity index (χ2v) is 4.72. The van der Waals surface area contributed by atoms with Gasteiger partial charge in [-0.2, -0.15) is 5.10 Å². The number of likely N-dealkylation sites (tertiary alicyclic amines) is 1. The second-order valence-electron chi connectivity index (χ2n) is 4.72. The van der Waals surface area contributed by atoms with Gasteiger partial charge in [-0.3, -0.25) is 14.4 Å². The first-order chi connectivity index (χ1) is 9.13. The van der Waals surface area contributed by atoms with Crippen molar-refractivity contribution in [1.82, 2.24) is 15.6 Å². The molecule has 0 radical (unpaired) electrons. The molecule has 0 bridgehead atoms. The maximum absolute atomic E-state index is 12.4. The summed E-state index contributed by atoms with van der Waals surface area (Å²) in [5.74, 6) is -0.570. The normalized spacial score (nSPS) is 23.4. The number of nitrogens with one attached hydrogen (secondary N) is 2. The van der Waals surface area contributed by atoms with Gasteiger partial charge in [0.2, 0.25) is 11.8 Å². The van der Waals surface area contributed by atoms with Crippen LogP contribution in [0.15, 0.2) is 5.10 Å². The highest BCUT2D eigenvalue weighted by Gasteiger charge is 2.34. The van der Waals surface area contributed by atoms with E-state index in [0.717, 1.165) is 12.8 Å². The van der Waals surface area contributed by atoms with Crippen molar-refractivity contribution in [1.29, 1.82) is 0 Å². The highest BCUT2D eigenvalue weighted by Crippen LogP contribution is 2.18. The van der Waals surface area contributed by atoms with Crippen LogP contribution in [-0.2, 0) is 14.4 Å². The van der Waals surface area contributed by atoms with Gasteiger partial charge in [0.15, 0.2) is 0 Å². The van der Waals surface area contributed by atoms with E-state index in [4.69, 9.17) is 0 Å². The molecule has 1 unspecified atom stereocenters. The molecule has 7 heteroatoms. The van der Waals surface area contributed by atoms with Crippen LogP contribution in [0.3, 0.4) is 0 Å². The molecule has 1 fully saturated rings. The third-order valence-electron chi connectivity index (χ3n) is 3.46. The Labute approximate surface area is 111 Å². The Morgan fingerprint density at radius 3 is 2.79 bits per heavy atom. The van der Waals surface area contributed by atoms with Crippen molar-refractivity contribution in [2.75, 3.05) is 13.6 Å². The largest absolute Gasteiger partial charge is 0.357 e. The molecule has 0 aromatic carbocycles. The molecule has 2 rings (SSSR count).